The second-order valence-corrected chi connectivity index (χ2v) is 10.2. The van der Waals surface area contributed by atoms with Gasteiger partial charge in [0.1, 0.15) is 6.04 Å². The lowest BCUT2D eigenvalue weighted by molar-refractivity contribution is -0.149. The quantitative estimate of drug-likeness (QED) is 0.496. The van der Waals surface area contributed by atoms with Gasteiger partial charge < -0.3 is 5.32 Å². The Hall–Kier alpha value is -2.38. The molecule has 0 aliphatic heterocycles. The third-order valence-electron chi connectivity index (χ3n) is 7.40. The molecule has 0 unspecified atom stereocenters. The highest BCUT2D eigenvalue weighted by Gasteiger charge is 2.55. The lowest BCUT2D eigenvalue weighted by atomic mass is 9.49. The van der Waals surface area contributed by atoms with E-state index in [1.807, 2.05) is 13.8 Å². The van der Waals surface area contributed by atoms with Crippen LogP contribution in [0, 0.1) is 29.1 Å². The van der Waals surface area contributed by atoms with Gasteiger partial charge in [-0.2, -0.15) is 18.3 Å². The van der Waals surface area contributed by atoms with Crippen LogP contribution in [-0.2, 0) is 15.8 Å². The molecule has 1 aromatic carbocycles. The number of amides is 2. The first kappa shape index (κ1) is 22.8. The van der Waals surface area contributed by atoms with Gasteiger partial charge in [0.2, 0.25) is 5.91 Å². The van der Waals surface area contributed by atoms with Gasteiger partial charge in [0.25, 0.3) is 5.91 Å². The molecule has 2 N–H and O–H groups in total. The third kappa shape index (κ3) is 4.55. The maximum absolute atomic E-state index is 13.3. The lowest BCUT2D eigenvalue weighted by Gasteiger charge is -2.55. The monoisotopic (exact) mass is 449 g/mol. The van der Waals surface area contributed by atoms with Crippen molar-refractivity contribution in [3.8, 4) is 0 Å². The van der Waals surface area contributed by atoms with Gasteiger partial charge in [-0.15, -0.1) is 0 Å². The summed E-state index contributed by atoms with van der Waals surface area (Å²) in [6.07, 6.45) is 2.80. The summed E-state index contributed by atoms with van der Waals surface area (Å²) < 4.78 is 39.4. The van der Waals surface area contributed by atoms with E-state index >= 15 is 0 Å². The Morgan fingerprint density at radius 1 is 1.06 bits per heavy atom. The molecular weight excluding hydrogens is 419 g/mol. The summed E-state index contributed by atoms with van der Waals surface area (Å²) in [5, 5.41) is 6.70. The molecule has 0 saturated heterocycles. The number of hydrogen-bond acceptors (Lipinski definition) is 3. The van der Waals surface area contributed by atoms with Gasteiger partial charge in [-0.1, -0.05) is 32.0 Å². The second kappa shape index (κ2) is 8.52. The maximum atomic E-state index is 13.3. The van der Waals surface area contributed by atoms with Crippen LogP contribution in [0.25, 0.3) is 0 Å². The van der Waals surface area contributed by atoms with E-state index < -0.39 is 23.7 Å². The minimum absolute atomic E-state index is 0.0585. The topological polar surface area (TPSA) is 70.6 Å². The van der Waals surface area contributed by atoms with Crippen LogP contribution in [0.2, 0.25) is 0 Å². The van der Waals surface area contributed by atoms with E-state index in [2.05, 4.69) is 15.8 Å². The number of hydrazone groups is 1. The summed E-state index contributed by atoms with van der Waals surface area (Å²) in [4.78, 5) is 26.1. The minimum Gasteiger partial charge on any atom is -0.344 e. The van der Waals surface area contributed by atoms with Gasteiger partial charge in [0.05, 0.1) is 11.8 Å². The summed E-state index contributed by atoms with van der Waals surface area (Å²) in [5.41, 5.74) is 0.976. The van der Waals surface area contributed by atoms with E-state index in [0.717, 1.165) is 31.5 Å². The van der Waals surface area contributed by atoms with Crippen LogP contribution in [-0.4, -0.2) is 24.1 Å². The van der Waals surface area contributed by atoms with Gasteiger partial charge in [0.15, 0.2) is 0 Å². The smallest absolute Gasteiger partial charge is 0.344 e. The van der Waals surface area contributed by atoms with Crippen molar-refractivity contribution in [1.82, 2.24) is 10.7 Å². The molecule has 5 nitrogen and oxygen atoms in total. The summed E-state index contributed by atoms with van der Waals surface area (Å²) in [5.74, 6) is 1.05. The Kier molecular flexibility index (Phi) is 6.07. The van der Waals surface area contributed by atoms with Gasteiger partial charge in [-0.05, 0) is 68.3 Å². The molecule has 0 radical (unpaired) electrons. The number of hydrogen-bond donors (Lipinski definition) is 2. The number of nitrogens with zero attached hydrogens (tertiary/aromatic N) is 1. The summed E-state index contributed by atoms with van der Waals surface area (Å²) >= 11 is 0. The summed E-state index contributed by atoms with van der Waals surface area (Å²) in [7, 11) is 0. The molecule has 174 valence electrons. The maximum Gasteiger partial charge on any atom is 0.417 e. The largest absolute Gasteiger partial charge is 0.417 e. The molecule has 0 aromatic heterocycles. The first-order chi connectivity index (χ1) is 15.1. The number of carbonyl (C=O) groups is 2. The van der Waals surface area contributed by atoms with Crippen LogP contribution < -0.4 is 10.7 Å². The Labute approximate surface area is 186 Å². The number of nitrogens with one attached hydrogen (secondary N) is 2. The number of alkyl halides is 3. The van der Waals surface area contributed by atoms with Crippen LogP contribution in [0.15, 0.2) is 29.4 Å². The van der Waals surface area contributed by atoms with Crippen molar-refractivity contribution in [2.24, 2.45) is 34.2 Å². The lowest BCUT2D eigenvalue weighted by Crippen LogP contribution is -2.58. The number of carbonyl (C=O) groups excluding carboxylic acids is 2. The highest BCUT2D eigenvalue weighted by atomic mass is 19.4. The van der Waals surface area contributed by atoms with Crippen molar-refractivity contribution < 1.29 is 22.8 Å². The minimum atomic E-state index is -4.51. The molecule has 4 bridgehead atoms. The molecule has 1 atom stereocenters. The van der Waals surface area contributed by atoms with Crippen LogP contribution in [0.1, 0.15) is 63.5 Å². The number of benzene rings is 1. The van der Waals surface area contributed by atoms with Gasteiger partial charge in [0, 0.05) is 11.0 Å². The first-order valence-electron chi connectivity index (χ1n) is 11.4. The molecule has 5 rings (SSSR count). The standard InChI is InChI=1S/C24H30F3N3O2/c1-14(2)20(21(31)30-28-13-18-5-3-4-6-19(18)24(25,26)27)29-22(32)23-10-15-7-16(11-23)9-17(8-15)12-23/h3-6,13-17,20H,7-12H2,1-2H3,(H,29,32)(H,30,31)/b28-13-/t15?,16?,17?,20-,23?/m1/s1. The highest BCUT2D eigenvalue weighted by molar-refractivity contribution is 5.91. The first-order valence-corrected chi connectivity index (χ1v) is 11.4. The molecule has 1 aromatic rings. The molecule has 2 amide bonds. The number of halogens is 3. The van der Waals surface area contributed by atoms with Crippen molar-refractivity contribution >= 4 is 18.0 Å². The zero-order valence-corrected chi connectivity index (χ0v) is 18.4. The van der Waals surface area contributed by atoms with E-state index in [1.54, 1.807) is 0 Å². The van der Waals surface area contributed by atoms with Crippen LogP contribution in [0.3, 0.4) is 0 Å². The average Bonchev–Trinajstić information content (AvgIpc) is 2.70. The van der Waals surface area contributed by atoms with Gasteiger partial charge >= 0.3 is 6.18 Å². The molecule has 8 heteroatoms. The zero-order chi connectivity index (χ0) is 23.1. The zero-order valence-electron chi connectivity index (χ0n) is 18.4. The Morgan fingerprint density at radius 3 is 2.16 bits per heavy atom. The molecule has 4 fully saturated rings. The van der Waals surface area contributed by atoms with Crippen molar-refractivity contribution in [1.29, 1.82) is 0 Å². The van der Waals surface area contributed by atoms with Crippen molar-refractivity contribution in [3.63, 3.8) is 0 Å². The Bertz CT molecular complexity index is 875. The average molecular weight is 450 g/mol. The molecule has 0 spiro atoms. The normalized spacial score (nSPS) is 30.0. The van der Waals surface area contributed by atoms with Crippen molar-refractivity contribution in [2.45, 2.75) is 64.6 Å². The van der Waals surface area contributed by atoms with Crippen LogP contribution >= 0.6 is 0 Å². The predicted octanol–water partition coefficient (Wildman–Crippen LogP) is 4.51. The fourth-order valence-corrected chi connectivity index (χ4v) is 6.32. The molecule has 4 aliphatic rings. The number of rotatable bonds is 6. The summed E-state index contributed by atoms with van der Waals surface area (Å²) in [6, 6.07) is 4.22. The summed E-state index contributed by atoms with van der Waals surface area (Å²) in [6.45, 7) is 3.65. The highest BCUT2D eigenvalue weighted by Crippen LogP contribution is 2.60. The Morgan fingerprint density at radius 2 is 1.62 bits per heavy atom. The van der Waals surface area contributed by atoms with E-state index in [9.17, 15) is 22.8 Å². The van der Waals surface area contributed by atoms with Crippen molar-refractivity contribution in [2.75, 3.05) is 0 Å². The molecule has 4 aliphatic carbocycles. The van der Waals surface area contributed by atoms with Crippen molar-refractivity contribution in [3.05, 3.63) is 35.4 Å². The predicted molar refractivity (Wildman–Crippen MR) is 115 cm³/mol. The van der Waals surface area contributed by atoms with E-state index in [-0.39, 0.29) is 22.8 Å². The second-order valence-electron chi connectivity index (χ2n) is 10.2. The fourth-order valence-electron chi connectivity index (χ4n) is 6.32. The molecule has 32 heavy (non-hydrogen) atoms. The van der Waals surface area contributed by atoms with Gasteiger partial charge in [-0.3, -0.25) is 9.59 Å². The fraction of sp³-hybridized carbons (Fsp3) is 0.625. The molecule has 0 heterocycles. The van der Waals surface area contributed by atoms with E-state index in [1.165, 1.54) is 37.5 Å². The third-order valence-corrected chi connectivity index (χ3v) is 7.40. The Balaban J connectivity index is 1.42. The SMILES string of the molecule is CC(C)[C@@H](NC(=O)C12CC3CC(CC(C3)C1)C2)C(=O)N/N=C\c1ccccc1C(F)(F)F. The van der Waals surface area contributed by atoms with Crippen LogP contribution in [0.4, 0.5) is 13.2 Å². The van der Waals surface area contributed by atoms with E-state index in [4.69, 9.17) is 0 Å². The molecular formula is C24H30F3N3O2. The van der Waals surface area contributed by atoms with Crippen LogP contribution in [0.5, 0.6) is 0 Å². The van der Waals surface area contributed by atoms with E-state index in [0.29, 0.717) is 17.8 Å². The van der Waals surface area contributed by atoms with Gasteiger partial charge in [-0.25, -0.2) is 5.43 Å². The molecule has 4 saturated carbocycles.